The summed E-state index contributed by atoms with van der Waals surface area (Å²) in [6.07, 6.45) is 7.68. The van der Waals surface area contributed by atoms with Crippen molar-refractivity contribution in [1.29, 1.82) is 0 Å². The maximum Gasteiger partial charge on any atom is 0.306 e. The van der Waals surface area contributed by atoms with Gasteiger partial charge >= 0.3 is 5.97 Å². The molecule has 0 amide bonds. The molecule has 0 bridgehead atoms. The summed E-state index contributed by atoms with van der Waals surface area (Å²) in [5, 5.41) is 0. The van der Waals surface area contributed by atoms with Crippen molar-refractivity contribution in [2.45, 2.75) is 53.4 Å². The van der Waals surface area contributed by atoms with Gasteiger partial charge in [-0.2, -0.15) is 0 Å². The molecule has 0 fully saturated rings. The lowest BCUT2D eigenvalue weighted by molar-refractivity contribution is -0.142. The second kappa shape index (κ2) is 9.20. The Morgan fingerprint density at radius 3 is 2.38 bits per heavy atom. The molecule has 0 saturated heterocycles. The Morgan fingerprint density at radius 1 is 1.12 bits per heavy atom. The van der Waals surface area contributed by atoms with Gasteiger partial charge in [0, 0.05) is 6.42 Å². The van der Waals surface area contributed by atoms with Crippen molar-refractivity contribution < 1.29 is 9.53 Å². The van der Waals surface area contributed by atoms with Crippen molar-refractivity contribution in [2.24, 2.45) is 0 Å². The molecule has 0 aromatic carbocycles. The number of carbonyl (C=O) groups excluding carboxylic acids is 1. The Balaban J connectivity index is 3.70. The van der Waals surface area contributed by atoms with E-state index in [1.807, 2.05) is 13.0 Å². The van der Waals surface area contributed by atoms with E-state index in [4.69, 9.17) is 4.74 Å². The van der Waals surface area contributed by atoms with Crippen molar-refractivity contribution in [3.63, 3.8) is 0 Å². The zero-order valence-corrected chi connectivity index (χ0v) is 11.0. The molecule has 0 aromatic rings. The van der Waals surface area contributed by atoms with E-state index in [9.17, 15) is 4.79 Å². The summed E-state index contributed by atoms with van der Waals surface area (Å²) in [6, 6.07) is 0. The third kappa shape index (κ3) is 9.50. The molecule has 0 heterocycles. The van der Waals surface area contributed by atoms with Gasteiger partial charge in [0.15, 0.2) is 0 Å². The second-order valence-electron chi connectivity index (χ2n) is 4.30. The Bertz CT molecular complexity index is 258. The fourth-order valence-corrected chi connectivity index (χ4v) is 1.24. The van der Waals surface area contributed by atoms with Crippen LogP contribution in [0, 0.1) is 0 Å². The number of esters is 1. The first-order chi connectivity index (χ1) is 7.56. The summed E-state index contributed by atoms with van der Waals surface area (Å²) >= 11 is 0. The van der Waals surface area contributed by atoms with Crippen LogP contribution in [0.3, 0.4) is 0 Å². The predicted octanol–water partition coefficient (Wildman–Crippen LogP) is 4.02. The van der Waals surface area contributed by atoms with Crippen LogP contribution in [-0.2, 0) is 9.53 Å². The summed E-state index contributed by atoms with van der Waals surface area (Å²) < 4.78 is 5.05. The summed E-state index contributed by atoms with van der Waals surface area (Å²) in [4.78, 5) is 11.1. The highest BCUT2D eigenvalue weighted by Crippen LogP contribution is 2.06. The van der Waals surface area contributed by atoms with Gasteiger partial charge in [0.1, 0.15) is 6.61 Å². The maximum absolute atomic E-state index is 11.1. The smallest absolute Gasteiger partial charge is 0.306 e. The van der Waals surface area contributed by atoms with Crippen LogP contribution in [0.15, 0.2) is 23.3 Å². The summed E-state index contributed by atoms with van der Waals surface area (Å²) in [5.74, 6) is -0.101. The number of ether oxygens (including phenoxy) is 1. The minimum Gasteiger partial charge on any atom is -0.461 e. The first-order valence-corrected chi connectivity index (χ1v) is 6.00. The van der Waals surface area contributed by atoms with E-state index in [0.29, 0.717) is 13.0 Å². The zero-order chi connectivity index (χ0) is 12.4. The molecule has 0 radical (unpaired) electrons. The first kappa shape index (κ1) is 14.9. The Hall–Kier alpha value is -1.05. The number of allylic oxidation sites excluding steroid dienone is 3. The molecule has 0 aliphatic carbocycles. The molecule has 2 nitrogen and oxygen atoms in total. The molecule has 0 aliphatic heterocycles. The van der Waals surface area contributed by atoms with Gasteiger partial charge in [0.25, 0.3) is 0 Å². The molecule has 0 aliphatic rings. The van der Waals surface area contributed by atoms with Crippen LogP contribution in [0.4, 0.5) is 0 Å². The van der Waals surface area contributed by atoms with Gasteiger partial charge in [-0.15, -0.1) is 0 Å². The van der Waals surface area contributed by atoms with Crippen LogP contribution in [0.2, 0.25) is 0 Å². The number of rotatable bonds is 7. The molecule has 2 heteroatoms. The Labute approximate surface area is 99.4 Å². The molecule has 0 unspecified atom stereocenters. The van der Waals surface area contributed by atoms with Gasteiger partial charge in [-0.05, 0) is 46.1 Å². The van der Waals surface area contributed by atoms with Crippen molar-refractivity contribution in [2.75, 3.05) is 6.61 Å². The topological polar surface area (TPSA) is 26.3 Å². The van der Waals surface area contributed by atoms with E-state index in [0.717, 1.165) is 19.3 Å². The Morgan fingerprint density at radius 2 is 1.81 bits per heavy atom. The SMILES string of the molecule is CCCC(=O)OC/C=C(/C)CCC=C(C)C. The molecule has 0 spiro atoms. The van der Waals surface area contributed by atoms with Crippen molar-refractivity contribution in [3.05, 3.63) is 23.3 Å². The van der Waals surface area contributed by atoms with Gasteiger partial charge in [0.05, 0.1) is 0 Å². The van der Waals surface area contributed by atoms with Crippen LogP contribution < -0.4 is 0 Å². The van der Waals surface area contributed by atoms with Gasteiger partial charge < -0.3 is 4.74 Å². The van der Waals surface area contributed by atoms with E-state index in [1.54, 1.807) is 0 Å². The standard InChI is InChI=1S/C14H24O2/c1-5-7-14(15)16-11-10-13(4)9-6-8-12(2)3/h8,10H,5-7,9,11H2,1-4H3/b13-10-. The number of hydrogen-bond donors (Lipinski definition) is 0. The summed E-state index contributed by atoms with van der Waals surface area (Å²) in [7, 11) is 0. The molecule has 0 rings (SSSR count). The number of hydrogen-bond acceptors (Lipinski definition) is 2. The van der Waals surface area contributed by atoms with Crippen molar-refractivity contribution in [3.8, 4) is 0 Å². The van der Waals surface area contributed by atoms with Crippen LogP contribution in [0.5, 0.6) is 0 Å². The largest absolute Gasteiger partial charge is 0.461 e. The van der Waals surface area contributed by atoms with Gasteiger partial charge in [-0.1, -0.05) is 24.1 Å². The molecule has 0 N–H and O–H groups in total. The average Bonchev–Trinajstić information content (AvgIpc) is 2.17. The summed E-state index contributed by atoms with van der Waals surface area (Å²) in [5.41, 5.74) is 2.63. The predicted molar refractivity (Wildman–Crippen MR) is 68.3 cm³/mol. The average molecular weight is 224 g/mol. The van der Waals surface area contributed by atoms with Gasteiger partial charge in [-0.25, -0.2) is 0 Å². The molecule has 16 heavy (non-hydrogen) atoms. The number of carbonyl (C=O) groups is 1. The highest BCUT2D eigenvalue weighted by Gasteiger charge is 1.98. The van der Waals surface area contributed by atoms with Crippen molar-refractivity contribution in [1.82, 2.24) is 0 Å². The highest BCUT2D eigenvalue weighted by molar-refractivity contribution is 5.69. The zero-order valence-electron chi connectivity index (χ0n) is 11.0. The van der Waals surface area contributed by atoms with Crippen LogP contribution in [0.1, 0.15) is 53.4 Å². The molecule has 0 saturated carbocycles. The maximum atomic E-state index is 11.1. The summed E-state index contributed by atoms with van der Waals surface area (Å²) in [6.45, 7) is 8.67. The van der Waals surface area contributed by atoms with E-state index in [2.05, 4.69) is 26.8 Å². The van der Waals surface area contributed by atoms with E-state index < -0.39 is 0 Å². The third-order valence-electron chi connectivity index (χ3n) is 2.22. The second-order valence-corrected chi connectivity index (χ2v) is 4.30. The molecule has 92 valence electrons. The molecule has 0 atom stereocenters. The van der Waals surface area contributed by atoms with Crippen molar-refractivity contribution >= 4 is 5.97 Å². The fourth-order valence-electron chi connectivity index (χ4n) is 1.24. The lowest BCUT2D eigenvalue weighted by Crippen LogP contribution is -2.03. The van der Waals surface area contributed by atoms with E-state index >= 15 is 0 Å². The lowest BCUT2D eigenvalue weighted by Gasteiger charge is -2.02. The van der Waals surface area contributed by atoms with Crippen LogP contribution >= 0.6 is 0 Å². The van der Waals surface area contributed by atoms with Gasteiger partial charge in [-0.3, -0.25) is 4.79 Å². The minimum atomic E-state index is -0.101. The Kier molecular flexibility index (Phi) is 8.59. The van der Waals surface area contributed by atoms with Crippen LogP contribution in [0.25, 0.3) is 0 Å². The highest BCUT2D eigenvalue weighted by atomic mass is 16.5. The van der Waals surface area contributed by atoms with Gasteiger partial charge in [0.2, 0.25) is 0 Å². The quantitative estimate of drug-likeness (QED) is 0.482. The fraction of sp³-hybridized carbons (Fsp3) is 0.643. The minimum absolute atomic E-state index is 0.101. The third-order valence-corrected chi connectivity index (χ3v) is 2.22. The molecular formula is C14H24O2. The molecular weight excluding hydrogens is 200 g/mol. The normalized spacial score (nSPS) is 11.1. The monoisotopic (exact) mass is 224 g/mol. The molecule has 0 aromatic heterocycles. The lowest BCUT2D eigenvalue weighted by atomic mass is 10.1. The van der Waals surface area contributed by atoms with E-state index in [-0.39, 0.29) is 5.97 Å². The first-order valence-electron chi connectivity index (χ1n) is 6.00. The van der Waals surface area contributed by atoms with E-state index in [1.165, 1.54) is 11.1 Å². The van der Waals surface area contributed by atoms with Crippen LogP contribution in [-0.4, -0.2) is 12.6 Å².